The maximum Gasteiger partial charge on any atom is 0.290 e. The molecule has 1 unspecified atom stereocenters. The van der Waals surface area contributed by atoms with E-state index >= 15 is 0 Å². The number of hydrogen-bond donors (Lipinski definition) is 1. The van der Waals surface area contributed by atoms with Gasteiger partial charge in [0.05, 0.1) is 6.04 Å². The average Bonchev–Trinajstić information content (AvgIpc) is 2.94. The van der Waals surface area contributed by atoms with E-state index in [-0.39, 0.29) is 17.7 Å². The molecule has 0 saturated heterocycles. The van der Waals surface area contributed by atoms with Crippen LogP contribution in [-0.4, -0.2) is 20.9 Å². The zero-order valence-corrected chi connectivity index (χ0v) is 16.9. The maximum atomic E-state index is 13.0. The number of hydrogen-bond acceptors (Lipinski definition) is 3. The third-order valence-corrected chi connectivity index (χ3v) is 5.43. The number of aromatic nitrogens is 1. The lowest BCUT2D eigenvalue weighted by Crippen LogP contribution is -2.29. The van der Waals surface area contributed by atoms with E-state index in [1.165, 1.54) is 0 Å². The van der Waals surface area contributed by atoms with Crippen molar-refractivity contribution in [1.82, 2.24) is 9.88 Å². The average molecular weight is 435 g/mol. The summed E-state index contributed by atoms with van der Waals surface area (Å²) >= 11 is 3.52. The van der Waals surface area contributed by atoms with Crippen LogP contribution >= 0.6 is 15.9 Å². The largest absolute Gasteiger partial charge is 0.503 e. The molecule has 0 radical (unpaired) electrons. The van der Waals surface area contributed by atoms with E-state index in [2.05, 4.69) is 20.9 Å². The van der Waals surface area contributed by atoms with E-state index in [0.717, 1.165) is 26.7 Å². The smallest absolute Gasteiger partial charge is 0.290 e. The highest BCUT2D eigenvalue weighted by atomic mass is 79.9. The number of nitrogens with zero attached hydrogens (tertiary/aromatic N) is 2. The topological polar surface area (TPSA) is 53.4 Å². The number of benzene rings is 2. The summed E-state index contributed by atoms with van der Waals surface area (Å²) in [6, 6.07) is 19.1. The molecule has 1 aliphatic rings. The zero-order chi connectivity index (χ0) is 19.7. The minimum absolute atomic E-state index is 0.192. The Hall–Kier alpha value is -2.92. The molecule has 2 heterocycles. The van der Waals surface area contributed by atoms with E-state index in [9.17, 15) is 9.90 Å². The first kappa shape index (κ1) is 18.4. The quantitative estimate of drug-likeness (QED) is 0.613. The van der Waals surface area contributed by atoms with Crippen molar-refractivity contribution in [3.8, 4) is 0 Å². The van der Waals surface area contributed by atoms with Gasteiger partial charge in [-0.05, 0) is 47.9 Å². The molecule has 4 rings (SSSR count). The molecule has 0 aliphatic carbocycles. The van der Waals surface area contributed by atoms with E-state index in [1.54, 1.807) is 17.3 Å². The van der Waals surface area contributed by atoms with Crippen LogP contribution in [0.15, 0.2) is 83.3 Å². The lowest BCUT2D eigenvalue weighted by Gasteiger charge is -2.27. The number of rotatable bonds is 4. The van der Waals surface area contributed by atoms with E-state index < -0.39 is 0 Å². The molecule has 0 saturated carbocycles. The first-order chi connectivity index (χ1) is 13.5. The van der Waals surface area contributed by atoms with Crippen LogP contribution in [0.5, 0.6) is 0 Å². The number of aliphatic hydroxyl groups is 1. The fraction of sp³-hybridized carbons (Fsp3) is 0.130. The SMILES string of the molecule is Cc1ccc(C2=C(O)C(=O)N(Cc3ccncc3)C2c2cccc(Br)c2)cc1. The van der Waals surface area contributed by atoms with Crippen molar-refractivity contribution in [1.29, 1.82) is 0 Å². The Balaban J connectivity index is 1.83. The molecule has 28 heavy (non-hydrogen) atoms. The summed E-state index contributed by atoms with van der Waals surface area (Å²) in [5, 5.41) is 10.8. The standard InChI is InChI=1S/C23H19BrN2O2/c1-15-5-7-17(8-6-15)20-21(18-3-2-4-19(24)13-18)26(23(28)22(20)27)14-16-9-11-25-12-10-16/h2-13,21,27H,14H2,1H3. The maximum absolute atomic E-state index is 13.0. The number of carbonyl (C=O) groups excluding carboxylic acids is 1. The molecule has 1 atom stereocenters. The van der Waals surface area contributed by atoms with Crippen LogP contribution in [0.25, 0.3) is 5.57 Å². The lowest BCUT2D eigenvalue weighted by molar-refractivity contribution is -0.130. The highest BCUT2D eigenvalue weighted by molar-refractivity contribution is 9.10. The van der Waals surface area contributed by atoms with Crippen molar-refractivity contribution in [2.75, 3.05) is 0 Å². The number of aliphatic hydroxyl groups excluding tert-OH is 1. The minimum Gasteiger partial charge on any atom is -0.503 e. The molecular weight excluding hydrogens is 416 g/mol. The summed E-state index contributed by atoms with van der Waals surface area (Å²) in [5.41, 5.74) is 4.51. The number of halogens is 1. The monoisotopic (exact) mass is 434 g/mol. The Bertz CT molecular complexity index is 1050. The molecule has 0 bridgehead atoms. The van der Waals surface area contributed by atoms with Crippen molar-refractivity contribution in [3.05, 3.63) is 106 Å². The number of carbonyl (C=O) groups is 1. The molecular formula is C23H19BrN2O2. The molecule has 0 fully saturated rings. The van der Waals surface area contributed by atoms with Crippen molar-refractivity contribution in [2.24, 2.45) is 0 Å². The predicted octanol–water partition coefficient (Wildman–Crippen LogP) is 5.21. The van der Waals surface area contributed by atoms with Gasteiger partial charge in [-0.15, -0.1) is 0 Å². The van der Waals surface area contributed by atoms with Gasteiger partial charge in [-0.3, -0.25) is 9.78 Å². The minimum atomic E-state index is -0.374. The second kappa shape index (κ2) is 7.60. The Labute approximate surface area is 172 Å². The second-order valence-corrected chi connectivity index (χ2v) is 7.79. The van der Waals surface area contributed by atoms with Gasteiger partial charge in [-0.25, -0.2) is 0 Å². The Morgan fingerprint density at radius 1 is 1.07 bits per heavy atom. The molecule has 1 N–H and O–H groups in total. The highest BCUT2D eigenvalue weighted by Gasteiger charge is 2.41. The number of amides is 1. The van der Waals surface area contributed by atoms with Crippen LogP contribution in [0.1, 0.15) is 28.3 Å². The van der Waals surface area contributed by atoms with Crippen LogP contribution in [0.2, 0.25) is 0 Å². The van der Waals surface area contributed by atoms with Crippen LogP contribution in [0, 0.1) is 6.92 Å². The third kappa shape index (κ3) is 3.45. The van der Waals surface area contributed by atoms with Crippen LogP contribution in [0.3, 0.4) is 0 Å². The third-order valence-electron chi connectivity index (χ3n) is 4.93. The summed E-state index contributed by atoms with van der Waals surface area (Å²) in [6.45, 7) is 2.40. The van der Waals surface area contributed by atoms with Gasteiger partial charge in [0.15, 0.2) is 5.76 Å². The summed E-state index contributed by atoms with van der Waals surface area (Å²) in [6.07, 6.45) is 3.41. The van der Waals surface area contributed by atoms with E-state index in [4.69, 9.17) is 0 Å². The van der Waals surface area contributed by atoms with Gasteiger partial charge < -0.3 is 10.0 Å². The molecule has 4 nitrogen and oxygen atoms in total. The van der Waals surface area contributed by atoms with Crippen LogP contribution in [0.4, 0.5) is 0 Å². The van der Waals surface area contributed by atoms with Gasteiger partial charge in [0, 0.05) is 29.0 Å². The van der Waals surface area contributed by atoms with Crippen LogP contribution in [-0.2, 0) is 11.3 Å². The van der Waals surface area contributed by atoms with Gasteiger partial charge in [-0.1, -0.05) is 57.9 Å². The van der Waals surface area contributed by atoms with Crippen molar-refractivity contribution < 1.29 is 9.90 Å². The predicted molar refractivity (Wildman–Crippen MR) is 112 cm³/mol. The number of pyridine rings is 1. The molecule has 5 heteroatoms. The fourth-order valence-corrected chi connectivity index (χ4v) is 3.97. The Morgan fingerprint density at radius 3 is 2.46 bits per heavy atom. The second-order valence-electron chi connectivity index (χ2n) is 6.87. The number of aryl methyl sites for hydroxylation is 1. The Kier molecular flexibility index (Phi) is 5.01. The van der Waals surface area contributed by atoms with Gasteiger partial charge in [0.25, 0.3) is 5.91 Å². The van der Waals surface area contributed by atoms with E-state index in [1.807, 2.05) is 67.6 Å². The fourth-order valence-electron chi connectivity index (χ4n) is 3.55. The van der Waals surface area contributed by atoms with Gasteiger partial charge in [0.1, 0.15) is 0 Å². The lowest BCUT2D eigenvalue weighted by atomic mass is 9.93. The van der Waals surface area contributed by atoms with Crippen molar-refractivity contribution in [3.63, 3.8) is 0 Å². The normalized spacial score (nSPS) is 16.7. The molecule has 140 valence electrons. The van der Waals surface area contributed by atoms with Gasteiger partial charge in [-0.2, -0.15) is 0 Å². The van der Waals surface area contributed by atoms with Gasteiger partial charge in [0.2, 0.25) is 0 Å². The van der Waals surface area contributed by atoms with Crippen molar-refractivity contribution in [2.45, 2.75) is 19.5 Å². The molecule has 1 aliphatic heterocycles. The van der Waals surface area contributed by atoms with Crippen LogP contribution < -0.4 is 0 Å². The zero-order valence-electron chi connectivity index (χ0n) is 15.3. The summed E-state index contributed by atoms with van der Waals surface area (Å²) < 4.78 is 0.927. The summed E-state index contributed by atoms with van der Waals surface area (Å²) in [4.78, 5) is 18.8. The Morgan fingerprint density at radius 2 is 1.79 bits per heavy atom. The molecule has 2 aromatic carbocycles. The first-order valence-corrected chi connectivity index (χ1v) is 9.79. The first-order valence-electron chi connectivity index (χ1n) is 9.00. The molecule has 1 amide bonds. The summed E-state index contributed by atoms with van der Waals surface area (Å²) in [7, 11) is 0. The highest BCUT2D eigenvalue weighted by Crippen LogP contribution is 2.44. The molecule has 1 aromatic heterocycles. The summed E-state index contributed by atoms with van der Waals surface area (Å²) in [5.74, 6) is -0.555. The van der Waals surface area contributed by atoms with Gasteiger partial charge >= 0.3 is 0 Å². The molecule has 0 spiro atoms. The molecule has 3 aromatic rings. The van der Waals surface area contributed by atoms with E-state index in [0.29, 0.717) is 12.1 Å². The van der Waals surface area contributed by atoms with Crippen molar-refractivity contribution >= 4 is 27.4 Å².